The third kappa shape index (κ3) is 4.55. The predicted octanol–water partition coefficient (Wildman–Crippen LogP) is 4.85. The molecule has 166 valence electrons. The number of nitrogens with one attached hydrogen (secondary N) is 1. The summed E-state index contributed by atoms with van der Waals surface area (Å²) in [5.74, 6) is -0.139. The van der Waals surface area contributed by atoms with Gasteiger partial charge in [0.05, 0.1) is 23.4 Å². The summed E-state index contributed by atoms with van der Waals surface area (Å²) < 4.78 is 1.77. The van der Waals surface area contributed by atoms with Crippen LogP contribution in [0, 0.1) is 0 Å². The van der Waals surface area contributed by atoms with Crippen LogP contribution in [0.4, 0.5) is 0 Å². The van der Waals surface area contributed by atoms with Crippen LogP contribution in [0.3, 0.4) is 0 Å². The minimum Gasteiger partial charge on any atom is -0.344 e. The molecule has 1 unspecified atom stereocenters. The number of carbonyl (C=O) groups is 1. The molecule has 3 heterocycles. The number of rotatable bonds is 5. The Hall–Kier alpha value is -3.80. The number of aromatic nitrogens is 4. The summed E-state index contributed by atoms with van der Waals surface area (Å²) in [6, 6.07) is 14.0. The van der Waals surface area contributed by atoms with Gasteiger partial charge < -0.3 is 5.32 Å². The summed E-state index contributed by atoms with van der Waals surface area (Å²) in [5, 5.41) is 8.41. The van der Waals surface area contributed by atoms with Crippen molar-refractivity contribution in [2.24, 2.45) is 7.05 Å². The van der Waals surface area contributed by atoms with E-state index >= 15 is 0 Å². The maximum absolute atomic E-state index is 13.1. The highest BCUT2D eigenvalue weighted by Gasteiger charge is 2.21. The van der Waals surface area contributed by atoms with Gasteiger partial charge in [-0.15, -0.1) is 0 Å². The van der Waals surface area contributed by atoms with Gasteiger partial charge in [-0.05, 0) is 55.0 Å². The molecule has 6 heteroatoms. The van der Waals surface area contributed by atoms with E-state index in [2.05, 4.69) is 39.1 Å². The van der Waals surface area contributed by atoms with Crippen LogP contribution in [0.2, 0.25) is 0 Å². The van der Waals surface area contributed by atoms with E-state index < -0.39 is 0 Å². The van der Waals surface area contributed by atoms with E-state index in [1.807, 2.05) is 56.0 Å². The average Bonchev–Trinajstić information content (AvgIpc) is 3.27. The van der Waals surface area contributed by atoms with Crippen LogP contribution in [0.25, 0.3) is 22.2 Å². The topological polar surface area (TPSA) is 72.7 Å². The van der Waals surface area contributed by atoms with Crippen molar-refractivity contribution >= 4 is 16.8 Å². The highest BCUT2D eigenvalue weighted by Crippen LogP contribution is 2.25. The third-order valence-corrected chi connectivity index (χ3v) is 6.29. The second-order valence-corrected chi connectivity index (χ2v) is 8.74. The Balaban J connectivity index is 1.42. The molecule has 0 saturated heterocycles. The lowest BCUT2D eigenvalue weighted by molar-refractivity contribution is 0.0933. The molecule has 0 aliphatic heterocycles. The van der Waals surface area contributed by atoms with E-state index in [9.17, 15) is 4.79 Å². The third-order valence-electron chi connectivity index (χ3n) is 6.29. The fourth-order valence-electron chi connectivity index (χ4n) is 4.47. The largest absolute Gasteiger partial charge is 0.344 e. The van der Waals surface area contributed by atoms with Crippen LogP contribution in [-0.4, -0.2) is 31.7 Å². The highest BCUT2D eigenvalue weighted by molar-refractivity contribution is 5.96. The van der Waals surface area contributed by atoms with Gasteiger partial charge >= 0.3 is 0 Å². The zero-order chi connectivity index (χ0) is 22.8. The van der Waals surface area contributed by atoms with Crippen LogP contribution in [-0.2, 0) is 13.5 Å². The maximum Gasteiger partial charge on any atom is 0.270 e. The molecule has 1 aliphatic carbocycles. The van der Waals surface area contributed by atoms with Crippen LogP contribution in [0.1, 0.15) is 47.3 Å². The van der Waals surface area contributed by atoms with Crippen molar-refractivity contribution in [3.63, 3.8) is 0 Å². The van der Waals surface area contributed by atoms with Crippen molar-refractivity contribution in [3.8, 4) is 11.3 Å². The molecule has 0 bridgehead atoms. The molecule has 0 spiro atoms. The number of amides is 1. The molecular weight excluding hydrogens is 410 g/mol. The summed E-state index contributed by atoms with van der Waals surface area (Å²) >= 11 is 0. The number of aryl methyl sites for hydroxylation is 1. The molecule has 6 nitrogen and oxygen atoms in total. The monoisotopic (exact) mass is 437 g/mol. The summed E-state index contributed by atoms with van der Waals surface area (Å²) in [6.07, 6.45) is 10.5. The van der Waals surface area contributed by atoms with Crippen molar-refractivity contribution in [2.75, 3.05) is 0 Å². The molecule has 1 amide bonds. The highest BCUT2D eigenvalue weighted by atomic mass is 16.1. The minimum atomic E-state index is -0.139. The number of para-hydroxylation sites is 1. The first-order valence-electron chi connectivity index (χ1n) is 11.4. The lowest BCUT2D eigenvalue weighted by Crippen LogP contribution is -2.38. The van der Waals surface area contributed by atoms with Crippen molar-refractivity contribution in [3.05, 3.63) is 90.0 Å². The zero-order valence-electron chi connectivity index (χ0n) is 18.8. The van der Waals surface area contributed by atoms with E-state index in [0.717, 1.165) is 64.5 Å². The first-order chi connectivity index (χ1) is 16.1. The van der Waals surface area contributed by atoms with Crippen molar-refractivity contribution in [2.45, 2.75) is 38.1 Å². The first kappa shape index (κ1) is 21.1. The van der Waals surface area contributed by atoms with E-state index in [-0.39, 0.29) is 11.9 Å². The molecule has 5 rings (SSSR count). The molecule has 1 aromatic carbocycles. The molecule has 1 saturated carbocycles. The Labute approximate surface area is 193 Å². The van der Waals surface area contributed by atoms with Gasteiger partial charge in [-0.25, -0.2) is 4.98 Å². The van der Waals surface area contributed by atoms with Gasteiger partial charge in [0.2, 0.25) is 0 Å². The van der Waals surface area contributed by atoms with Gasteiger partial charge in [0, 0.05) is 30.4 Å². The van der Waals surface area contributed by atoms with Crippen LogP contribution >= 0.6 is 0 Å². The fraction of sp³-hybridized carbons (Fsp3) is 0.259. The average molecular weight is 438 g/mol. The van der Waals surface area contributed by atoms with E-state index in [4.69, 9.17) is 0 Å². The SMILES string of the molecule is C=C1CCCCC1NC(=O)c1cc(Cc2ccc(-c3cnn(C)c3)nc2)c2ccccc2n1. The minimum absolute atomic E-state index is 0.0344. The van der Waals surface area contributed by atoms with E-state index in [1.54, 1.807) is 4.68 Å². The van der Waals surface area contributed by atoms with Gasteiger partial charge in [-0.1, -0.05) is 42.8 Å². The molecule has 1 aliphatic rings. The molecule has 4 aromatic rings. The number of benzene rings is 1. The fourth-order valence-corrected chi connectivity index (χ4v) is 4.47. The van der Waals surface area contributed by atoms with Crippen molar-refractivity contribution in [1.82, 2.24) is 25.1 Å². The summed E-state index contributed by atoms with van der Waals surface area (Å²) in [6.45, 7) is 4.15. The van der Waals surface area contributed by atoms with Crippen LogP contribution in [0.15, 0.2) is 73.2 Å². The number of hydrogen-bond acceptors (Lipinski definition) is 4. The lowest BCUT2D eigenvalue weighted by atomic mass is 9.91. The number of fused-ring (bicyclic) bond motifs is 1. The second kappa shape index (κ2) is 8.98. The number of hydrogen-bond donors (Lipinski definition) is 1. The molecular formula is C27H27N5O. The molecule has 1 N–H and O–H groups in total. The second-order valence-electron chi connectivity index (χ2n) is 8.74. The molecule has 33 heavy (non-hydrogen) atoms. The van der Waals surface area contributed by atoms with E-state index in [0.29, 0.717) is 12.1 Å². The van der Waals surface area contributed by atoms with Gasteiger partial charge in [0.1, 0.15) is 5.69 Å². The molecule has 1 atom stereocenters. The van der Waals surface area contributed by atoms with Crippen LogP contribution in [0.5, 0.6) is 0 Å². The predicted molar refractivity (Wildman–Crippen MR) is 130 cm³/mol. The van der Waals surface area contributed by atoms with Gasteiger partial charge in [0.15, 0.2) is 0 Å². The van der Waals surface area contributed by atoms with Gasteiger partial charge in [-0.3, -0.25) is 14.5 Å². The Kier molecular flexibility index (Phi) is 5.73. The molecule has 3 aromatic heterocycles. The first-order valence-corrected chi connectivity index (χ1v) is 11.4. The molecule has 0 radical (unpaired) electrons. The van der Waals surface area contributed by atoms with Gasteiger partial charge in [0.25, 0.3) is 5.91 Å². The summed E-state index contributed by atoms with van der Waals surface area (Å²) in [4.78, 5) is 22.4. The lowest BCUT2D eigenvalue weighted by Gasteiger charge is -2.25. The number of pyridine rings is 2. The summed E-state index contributed by atoms with van der Waals surface area (Å²) in [5.41, 5.74) is 6.39. The number of nitrogens with zero attached hydrogens (tertiary/aromatic N) is 4. The maximum atomic E-state index is 13.1. The Morgan fingerprint density at radius 2 is 2.06 bits per heavy atom. The van der Waals surface area contributed by atoms with Crippen molar-refractivity contribution < 1.29 is 4.79 Å². The Morgan fingerprint density at radius 3 is 2.82 bits per heavy atom. The Bertz CT molecular complexity index is 1320. The Morgan fingerprint density at radius 1 is 1.18 bits per heavy atom. The van der Waals surface area contributed by atoms with Crippen LogP contribution < -0.4 is 5.32 Å². The van der Waals surface area contributed by atoms with Gasteiger partial charge in [-0.2, -0.15) is 5.10 Å². The normalized spacial score (nSPS) is 16.2. The van der Waals surface area contributed by atoms with Crippen molar-refractivity contribution in [1.29, 1.82) is 0 Å². The van der Waals surface area contributed by atoms with E-state index in [1.165, 1.54) is 0 Å². The standard InChI is InChI=1S/C27H27N5O/c1-18-7-3-5-9-23(18)31-27(33)26-14-20(22-8-4-6-10-25(22)30-26)13-19-11-12-24(28-15-19)21-16-29-32(2)17-21/h4,6,8,10-12,14-17,23H,1,3,5,7,9,13H2,2H3,(H,31,33). The quantitative estimate of drug-likeness (QED) is 0.453. The zero-order valence-corrected chi connectivity index (χ0v) is 18.8. The summed E-state index contributed by atoms with van der Waals surface area (Å²) in [7, 11) is 1.89. The smallest absolute Gasteiger partial charge is 0.270 e. The number of carbonyl (C=O) groups excluding carboxylic acids is 1. The molecule has 1 fully saturated rings.